The van der Waals surface area contributed by atoms with Crippen molar-refractivity contribution in [1.82, 2.24) is 5.32 Å². The van der Waals surface area contributed by atoms with Gasteiger partial charge in [0.25, 0.3) is 0 Å². The van der Waals surface area contributed by atoms with Gasteiger partial charge in [0.15, 0.2) is 0 Å². The lowest BCUT2D eigenvalue weighted by Gasteiger charge is -2.11. The van der Waals surface area contributed by atoms with Crippen molar-refractivity contribution < 1.29 is 19.1 Å². The van der Waals surface area contributed by atoms with Crippen molar-refractivity contribution in [3.63, 3.8) is 0 Å². The average Bonchev–Trinajstić information content (AvgIpc) is 3.04. The summed E-state index contributed by atoms with van der Waals surface area (Å²) in [4.78, 5) is 23.6. The van der Waals surface area contributed by atoms with Gasteiger partial charge in [-0.1, -0.05) is 18.2 Å². The van der Waals surface area contributed by atoms with Gasteiger partial charge in [0.2, 0.25) is 5.91 Å². The Morgan fingerprint density at radius 3 is 2.77 bits per heavy atom. The fraction of sp³-hybridized carbons (Fsp3) is 0.412. The summed E-state index contributed by atoms with van der Waals surface area (Å²) in [5.41, 5.74) is 1.19. The van der Waals surface area contributed by atoms with Crippen LogP contribution in [-0.4, -0.2) is 26.1 Å². The molecule has 0 bridgehead atoms. The molecule has 118 valence electrons. The van der Waals surface area contributed by atoms with Crippen LogP contribution in [0.1, 0.15) is 35.2 Å². The van der Waals surface area contributed by atoms with Crippen LogP contribution < -0.4 is 10.1 Å². The Bertz CT molecular complexity index is 580. The number of rotatable bonds is 6. The summed E-state index contributed by atoms with van der Waals surface area (Å²) in [5.74, 6) is 0.368. The minimum absolute atomic E-state index is 0.0204. The predicted molar refractivity (Wildman–Crippen MR) is 82.7 cm³/mol. The summed E-state index contributed by atoms with van der Waals surface area (Å²) in [6, 6.07) is 5.20. The second-order valence-electron chi connectivity index (χ2n) is 5.27. The standard InChI is InChI=1S/C17H21NO4/c1-21-15-8-7-13(9-14(15)17(20)22-2)11-18-16(19)10-12-5-3-4-6-12/h3,5,7-9,12H,4,6,10-11H2,1-2H3,(H,18,19). The zero-order valence-electron chi connectivity index (χ0n) is 12.9. The number of nitrogens with one attached hydrogen (secondary N) is 1. The van der Waals surface area contributed by atoms with Gasteiger partial charge in [-0.2, -0.15) is 0 Å². The third kappa shape index (κ3) is 4.10. The van der Waals surface area contributed by atoms with Crippen molar-refractivity contribution in [3.05, 3.63) is 41.5 Å². The molecule has 0 radical (unpaired) electrons. The molecule has 0 spiro atoms. The van der Waals surface area contributed by atoms with Gasteiger partial charge >= 0.3 is 5.97 Å². The lowest BCUT2D eigenvalue weighted by molar-refractivity contribution is -0.121. The van der Waals surface area contributed by atoms with E-state index in [-0.39, 0.29) is 5.91 Å². The SMILES string of the molecule is COC(=O)c1cc(CNC(=O)CC2C=CCC2)ccc1OC. The first-order chi connectivity index (χ1) is 10.6. The van der Waals surface area contributed by atoms with E-state index in [1.165, 1.54) is 14.2 Å². The molecule has 1 amide bonds. The van der Waals surface area contributed by atoms with Gasteiger partial charge < -0.3 is 14.8 Å². The molecule has 1 N–H and O–H groups in total. The van der Waals surface area contributed by atoms with Crippen molar-refractivity contribution in [2.45, 2.75) is 25.8 Å². The molecule has 0 aliphatic heterocycles. The molecule has 1 aliphatic rings. The van der Waals surface area contributed by atoms with E-state index in [0.717, 1.165) is 18.4 Å². The quantitative estimate of drug-likeness (QED) is 0.647. The number of amides is 1. The van der Waals surface area contributed by atoms with Gasteiger partial charge in [-0.15, -0.1) is 0 Å². The van der Waals surface area contributed by atoms with Crippen molar-refractivity contribution in [3.8, 4) is 5.75 Å². The minimum atomic E-state index is -0.457. The summed E-state index contributed by atoms with van der Waals surface area (Å²) < 4.78 is 9.88. The molecular weight excluding hydrogens is 282 g/mol. The minimum Gasteiger partial charge on any atom is -0.496 e. The Balaban J connectivity index is 1.96. The largest absolute Gasteiger partial charge is 0.496 e. The third-order valence-corrected chi connectivity index (χ3v) is 3.72. The van der Waals surface area contributed by atoms with Crippen LogP contribution in [0.3, 0.4) is 0 Å². The van der Waals surface area contributed by atoms with Gasteiger partial charge in [0, 0.05) is 13.0 Å². The zero-order chi connectivity index (χ0) is 15.9. The highest BCUT2D eigenvalue weighted by Gasteiger charge is 2.15. The Morgan fingerprint density at radius 2 is 2.14 bits per heavy atom. The summed E-state index contributed by atoms with van der Waals surface area (Å²) in [5, 5.41) is 2.88. The number of carbonyl (C=O) groups excluding carboxylic acids is 2. The molecule has 0 heterocycles. The molecule has 1 unspecified atom stereocenters. The molecule has 1 aliphatic carbocycles. The van der Waals surface area contributed by atoms with Crippen LogP contribution in [0, 0.1) is 5.92 Å². The maximum absolute atomic E-state index is 11.9. The summed E-state index contributed by atoms with van der Waals surface area (Å²) >= 11 is 0. The first-order valence-corrected chi connectivity index (χ1v) is 7.32. The lowest BCUT2D eigenvalue weighted by Crippen LogP contribution is -2.24. The van der Waals surface area contributed by atoms with Crippen LogP contribution in [0.5, 0.6) is 5.75 Å². The predicted octanol–water partition coefficient (Wildman–Crippen LogP) is 2.45. The Kier molecular flexibility index (Phi) is 5.58. The fourth-order valence-electron chi connectivity index (χ4n) is 2.51. The Hall–Kier alpha value is -2.30. The fourth-order valence-corrected chi connectivity index (χ4v) is 2.51. The Morgan fingerprint density at radius 1 is 1.32 bits per heavy atom. The number of esters is 1. The van der Waals surface area contributed by atoms with E-state index in [9.17, 15) is 9.59 Å². The van der Waals surface area contributed by atoms with E-state index in [0.29, 0.717) is 30.2 Å². The molecule has 22 heavy (non-hydrogen) atoms. The van der Waals surface area contributed by atoms with Gasteiger partial charge in [-0.05, 0) is 36.5 Å². The van der Waals surface area contributed by atoms with E-state index in [2.05, 4.69) is 17.5 Å². The molecule has 0 saturated heterocycles. The molecule has 2 rings (SSSR count). The van der Waals surface area contributed by atoms with Crippen LogP contribution in [0.25, 0.3) is 0 Å². The van der Waals surface area contributed by atoms with Crippen LogP contribution in [0.15, 0.2) is 30.4 Å². The normalized spacial score (nSPS) is 16.4. The zero-order valence-corrected chi connectivity index (χ0v) is 12.9. The molecule has 0 saturated carbocycles. The summed E-state index contributed by atoms with van der Waals surface area (Å²) in [6.45, 7) is 0.378. The van der Waals surface area contributed by atoms with Crippen molar-refractivity contribution in [1.29, 1.82) is 0 Å². The van der Waals surface area contributed by atoms with E-state index in [4.69, 9.17) is 9.47 Å². The van der Waals surface area contributed by atoms with Crippen LogP contribution in [0.4, 0.5) is 0 Å². The first kappa shape index (κ1) is 16.1. The molecule has 5 nitrogen and oxygen atoms in total. The van der Waals surface area contributed by atoms with Gasteiger partial charge in [0.05, 0.1) is 14.2 Å². The number of benzene rings is 1. The van der Waals surface area contributed by atoms with Gasteiger partial charge in [-0.25, -0.2) is 4.79 Å². The molecule has 1 aromatic carbocycles. The van der Waals surface area contributed by atoms with Crippen molar-refractivity contribution in [2.75, 3.05) is 14.2 Å². The highest BCUT2D eigenvalue weighted by atomic mass is 16.5. The van der Waals surface area contributed by atoms with Crippen molar-refractivity contribution >= 4 is 11.9 Å². The average molecular weight is 303 g/mol. The highest BCUT2D eigenvalue weighted by Crippen LogP contribution is 2.22. The van der Waals surface area contributed by atoms with E-state index < -0.39 is 5.97 Å². The maximum atomic E-state index is 11.9. The van der Waals surface area contributed by atoms with Gasteiger partial charge in [0.1, 0.15) is 11.3 Å². The molecule has 0 fully saturated rings. The second kappa shape index (κ2) is 7.64. The van der Waals surface area contributed by atoms with Crippen LogP contribution in [-0.2, 0) is 16.1 Å². The third-order valence-electron chi connectivity index (χ3n) is 3.72. The summed E-state index contributed by atoms with van der Waals surface area (Å²) in [6.07, 6.45) is 6.82. The monoisotopic (exact) mass is 303 g/mol. The van der Waals surface area contributed by atoms with E-state index >= 15 is 0 Å². The molecule has 1 atom stereocenters. The Labute approximate surface area is 130 Å². The molecule has 5 heteroatoms. The van der Waals surface area contributed by atoms with E-state index in [1.54, 1.807) is 12.1 Å². The van der Waals surface area contributed by atoms with Crippen LogP contribution in [0.2, 0.25) is 0 Å². The highest BCUT2D eigenvalue weighted by molar-refractivity contribution is 5.92. The number of hydrogen-bond acceptors (Lipinski definition) is 4. The van der Waals surface area contributed by atoms with Crippen molar-refractivity contribution in [2.24, 2.45) is 5.92 Å². The number of hydrogen-bond donors (Lipinski definition) is 1. The second-order valence-corrected chi connectivity index (χ2v) is 5.27. The number of ether oxygens (including phenoxy) is 2. The topological polar surface area (TPSA) is 64.6 Å². The number of allylic oxidation sites excluding steroid dienone is 2. The van der Waals surface area contributed by atoms with Crippen LogP contribution >= 0.6 is 0 Å². The number of carbonyl (C=O) groups is 2. The summed E-state index contributed by atoms with van der Waals surface area (Å²) in [7, 11) is 2.82. The number of methoxy groups -OCH3 is 2. The lowest BCUT2D eigenvalue weighted by atomic mass is 10.0. The molecule has 1 aromatic rings. The van der Waals surface area contributed by atoms with Gasteiger partial charge in [-0.3, -0.25) is 4.79 Å². The van der Waals surface area contributed by atoms with E-state index in [1.807, 2.05) is 6.07 Å². The molecular formula is C17H21NO4. The molecule has 0 aromatic heterocycles. The first-order valence-electron chi connectivity index (χ1n) is 7.32. The maximum Gasteiger partial charge on any atom is 0.341 e. The smallest absolute Gasteiger partial charge is 0.341 e.